The molecule has 0 fully saturated rings. The van der Waals surface area contributed by atoms with E-state index in [1.165, 1.54) is 18.2 Å². The molecule has 2 N–H and O–H groups in total. The second-order valence-electron chi connectivity index (χ2n) is 4.40. The quantitative estimate of drug-likeness (QED) is 0.569. The number of nitro benzene ring substituents is 1. The standard InChI is InChI=1S/C14H10N4O3/c19-14(11-3-1-2-4-13(11)18(20)21)16-10-5-6-12-9(7-10)8-15-17-12/h1-8H,(H,15,17)(H,16,19). The van der Waals surface area contributed by atoms with E-state index in [0.29, 0.717) is 5.69 Å². The largest absolute Gasteiger partial charge is 0.322 e. The van der Waals surface area contributed by atoms with Gasteiger partial charge in [-0.15, -0.1) is 0 Å². The second kappa shape index (κ2) is 5.04. The van der Waals surface area contributed by atoms with Gasteiger partial charge in [-0.3, -0.25) is 20.0 Å². The molecule has 7 heteroatoms. The first-order valence-electron chi connectivity index (χ1n) is 6.13. The third kappa shape index (κ3) is 2.44. The molecule has 0 bridgehead atoms. The maximum absolute atomic E-state index is 12.2. The summed E-state index contributed by atoms with van der Waals surface area (Å²) in [5.41, 5.74) is 1.19. The van der Waals surface area contributed by atoms with Crippen molar-refractivity contribution in [2.24, 2.45) is 0 Å². The Morgan fingerprint density at radius 3 is 2.86 bits per heavy atom. The first-order valence-corrected chi connectivity index (χ1v) is 6.13. The Hall–Kier alpha value is -3.22. The van der Waals surface area contributed by atoms with E-state index in [2.05, 4.69) is 15.5 Å². The molecule has 3 aromatic rings. The topological polar surface area (TPSA) is 101 Å². The molecule has 7 nitrogen and oxygen atoms in total. The Morgan fingerprint density at radius 1 is 1.24 bits per heavy atom. The lowest BCUT2D eigenvalue weighted by Gasteiger charge is -2.05. The molecule has 0 aliphatic rings. The van der Waals surface area contributed by atoms with Gasteiger partial charge < -0.3 is 5.32 Å². The minimum absolute atomic E-state index is 0.0230. The average Bonchev–Trinajstić information content (AvgIpc) is 2.94. The van der Waals surface area contributed by atoms with E-state index in [4.69, 9.17) is 0 Å². The zero-order valence-electron chi connectivity index (χ0n) is 10.7. The summed E-state index contributed by atoms with van der Waals surface area (Å²) in [6.07, 6.45) is 1.63. The van der Waals surface area contributed by atoms with Gasteiger partial charge in [0.1, 0.15) is 5.56 Å². The molecule has 3 rings (SSSR count). The van der Waals surface area contributed by atoms with Crippen LogP contribution in [0.2, 0.25) is 0 Å². The Labute approximate surface area is 118 Å². The zero-order chi connectivity index (χ0) is 14.8. The van der Waals surface area contributed by atoms with Gasteiger partial charge in [-0.1, -0.05) is 12.1 Å². The molecule has 0 saturated heterocycles. The molecule has 0 aliphatic heterocycles. The highest BCUT2D eigenvalue weighted by Crippen LogP contribution is 2.21. The van der Waals surface area contributed by atoms with Crippen LogP contribution in [0.3, 0.4) is 0 Å². The van der Waals surface area contributed by atoms with Crippen LogP contribution in [0.4, 0.5) is 11.4 Å². The maximum atomic E-state index is 12.2. The molecule has 0 saturated carbocycles. The molecule has 0 spiro atoms. The number of aromatic amines is 1. The van der Waals surface area contributed by atoms with Crippen molar-refractivity contribution < 1.29 is 9.72 Å². The van der Waals surface area contributed by atoms with Crippen LogP contribution in [0.1, 0.15) is 10.4 Å². The van der Waals surface area contributed by atoms with Crippen LogP contribution >= 0.6 is 0 Å². The van der Waals surface area contributed by atoms with Gasteiger partial charge in [0.2, 0.25) is 0 Å². The Bertz CT molecular complexity index is 841. The fourth-order valence-corrected chi connectivity index (χ4v) is 2.04. The number of fused-ring (bicyclic) bond motifs is 1. The lowest BCUT2D eigenvalue weighted by atomic mass is 10.1. The van der Waals surface area contributed by atoms with Crippen LogP contribution < -0.4 is 5.32 Å². The molecule has 0 radical (unpaired) electrons. The summed E-state index contributed by atoms with van der Waals surface area (Å²) in [4.78, 5) is 22.5. The Kier molecular flexibility index (Phi) is 3.07. The number of amides is 1. The first kappa shape index (κ1) is 12.8. The summed E-state index contributed by atoms with van der Waals surface area (Å²) in [5, 5.41) is 21.1. The molecule has 2 aromatic carbocycles. The van der Waals surface area contributed by atoms with Crippen LogP contribution in [0, 0.1) is 10.1 Å². The van der Waals surface area contributed by atoms with Gasteiger partial charge in [0.05, 0.1) is 16.6 Å². The Balaban J connectivity index is 1.91. The molecule has 0 aliphatic carbocycles. The fourth-order valence-electron chi connectivity index (χ4n) is 2.04. The van der Waals surface area contributed by atoms with Crippen LogP contribution in [0.15, 0.2) is 48.7 Å². The maximum Gasteiger partial charge on any atom is 0.282 e. The number of carbonyl (C=O) groups is 1. The minimum Gasteiger partial charge on any atom is -0.322 e. The molecule has 0 atom stereocenters. The highest BCUT2D eigenvalue weighted by atomic mass is 16.6. The van der Waals surface area contributed by atoms with Gasteiger partial charge in [0.15, 0.2) is 0 Å². The van der Waals surface area contributed by atoms with Gasteiger partial charge >= 0.3 is 0 Å². The van der Waals surface area contributed by atoms with Crippen molar-refractivity contribution in [3.63, 3.8) is 0 Å². The smallest absolute Gasteiger partial charge is 0.282 e. The number of rotatable bonds is 3. The van der Waals surface area contributed by atoms with E-state index >= 15 is 0 Å². The van der Waals surface area contributed by atoms with E-state index in [1.54, 1.807) is 30.5 Å². The van der Waals surface area contributed by atoms with Crippen molar-refractivity contribution in [1.82, 2.24) is 10.2 Å². The lowest BCUT2D eigenvalue weighted by molar-refractivity contribution is -0.385. The number of para-hydroxylation sites is 1. The number of anilines is 1. The predicted octanol–water partition coefficient (Wildman–Crippen LogP) is 2.72. The fraction of sp³-hybridized carbons (Fsp3) is 0. The predicted molar refractivity (Wildman–Crippen MR) is 77.1 cm³/mol. The highest BCUT2D eigenvalue weighted by Gasteiger charge is 2.19. The molecular weight excluding hydrogens is 272 g/mol. The van der Waals surface area contributed by atoms with Gasteiger partial charge in [0.25, 0.3) is 11.6 Å². The van der Waals surface area contributed by atoms with E-state index in [0.717, 1.165) is 10.9 Å². The molecule has 1 aromatic heterocycles. The molecule has 1 heterocycles. The third-order valence-electron chi connectivity index (χ3n) is 3.04. The first-order chi connectivity index (χ1) is 10.1. The van der Waals surface area contributed by atoms with Crippen molar-refractivity contribution >= 4 is 28.2 Å². The number of hydrogen-bond acceptors (Lipinski definition) is 4. The number of benzene rings is 2. The minimum atomic E-state index is -0.575. The summed E-state index contributed by atoms with van der Waals surface area (Å²) < 4.78 is 0. The van der Waals surface area contributed by atoms with E-state index < -0.39 is 10.8 Å². The van der Waals surface area contributed by atoms with Crippen LogP contribution in [0.5, 0.6) is 0 Å². The SMILES string of the molecule is O=C(Nc1ccc2[nH]ncc2c1)c1ccccc1[N+](=O)[O-]. The van der Waals surface area contributed by atoms with Crippen LogP contribution in [-0.2, 0) is 0 Å². The van der Waals surface area contributed by atoms with Gasteiger partial charge in [-0.05, 0) is 24.3 Å². The molecule has 21 heavy (non-hydrogen) atoms. The van der Waals surface area contributed by atoms with E-state index in [-0.39, 0.29) is 11.3 Å². The number of carbonyl (C=O) groups excluding carboxylic acids is 1. The van der Waals surface area contributed by atoms with Crippen molar-refractivity contribution in [3.8, 4) is 0 Å². The summed E-state index contributed by atoms with van der Waals surface area (Å²) in [5.74, 6) is -0.523. The lowest BCUT2D eigenvalue weighted by Crippen LogP contribution is -2.13. The number of nitrogens with zero attached hydrogens (tertiary/aromatic N) is 2. The second-order valence-corrected chi connectivity index (χ2v) is 4.40. The third-order valence-corrected chi connectivity index (χ3v) is 3.04. The average molecular weight is 282 g/mol. The monoisotopic (exact) mass is 282 g/mol. The summed E-state index contributed by atoms with van der Waals surface area (Å²) >= 11 is 0. The Morgan fingerprint density at radius 2 is 2.05 bits per heavy atom. The normalized spacial score (nSPS) is 10.5. The van der Waals surface area contributed by atoms with E-state index in [9.17, 15) is 14.9 Å². The molecular formula is C14H10N4O3. The van der Waals surface area contributed by atoms with Gasteiger partial charge in [-0.25, -0.2) is 0 Å². The van der Waals surface area contributed by atoms with Crippen molar-refractivity contribution in [2.45, 2.75) is 0 Å². The number of hydrogen-bond donors (Lipinski definition) is 2. The van der Waals surface area contributed by atoms with Crippen molar-refractivity contribution in [1.29, 1.82) is 0 Å². The van der Waals surface area contributed by atoms with Crippen LogP contribution in [-0.4, -0.2) is 21.0 Å². The number of H-pyrrole nitrogens is 1. The molecule has 1 amide bonds. The van der Waals surface area contributed by atoms with Crippen molar-refractivity contribution in [3.05, 3.63) is 64.3 Å². The number of nitrogens with one attached hydrogen (secondary N) is 2. The van der Waals surface area contributed by atoms with Gasteiger partial charge in [-0.2, -0.15) is 5.10 Å². The molecule has 0 unspecified atom stereocenters. The summed E-state index contributed by atoms with van der Waals surface area (Å²) in [6, 6.07) is 11.0. The van der Waals surface area contributed by atoms with Gasteiger partial charge in [0, 0.05) is 17.1 Å². The van der Waals surface area contributed by atoms with Crippen molar-refractivity contribution in [2.75, 3.05) is 5.32 Å². The summed E-state index contributed by atoms with van der Waals surface area (Å²) in [7, 11) is 0. The number of nitro groups is 1. The number of aromatic nitrogens is 2. The molecule has 104 valence electrons. The van der Waals surface area contributed by atoms with Crippen LogP contribution in [0.25, 0.3) is 10.9 Å². The highest BCUT2D eigenvalue weighted by molar-refractivity contribution is 6.07. The van der Waals surface area contributed by atoms with E-state index in [1.807, 2.05) is 0 Å². The zero-order valence-corrected chi connectivity index (χ0v) is 10.7. The summed E-state index contributed by atoms with van der Waals surface area (Å²) in [6.45, 7) is 0.